The fourth-order valence-electron chi connectivity index (χ4n) is 1.49. The van der Waals surface area contributed by atoms with Crippen molar-refractivity contribution in [1.82, 2.24) is 0 Å². The second-order valence-corrected chi connectivity index (χ2v) is 5.94. The first-order chi connectivity index (χ1) is 8.58. The molecule has 0 spiro atoms. The minimum atomic E-state index is -1.48. The van der Waals surface area contributed by atoms with Crippen LogP contribution >= 0.6 is 15.9 Å². The average Bonchev–Trinajstić information content (AvgIpc) is 2.34. The summed E-state index contributed by atoms with van der Waals surface area (Å²) in [4.78, 5) is 0.165. The minimum absolute atomic E-state index is 0.153. The number of hydrogen-bond donors (Lipinski definition) is 0. The third-order valence-electron chi connectivity index (χ3n) is 2.36. The molecule has 0 amide bonds. The predicted octanol–water partition coefficient (Wildman–Crippen LogP) is 4.04. The van der Waals surface area contributed by atoms with Crippen LogP contribution in [0.3, 0.4) is 0 Å². The van der Waals surface area contributed by atoms with Crippen molar-refractivity contribution in [1.29, 1.82) is 0 Å². The molecular weight excluding hydrogens is 322 g/mol. The first kappa shape index (κ1) is 13.4. The van der Waals surface area contributed by atoms with Crippen molar-refractivity contribution in [2.75, 3.05) is 0 Å². The van der Waals surface area contributed by atoms with Crippen LogP contribution < -0.4 is 0 Å². The van der Waals surface area contributed by atoms with Gasteiger partial charge < -0.3 is 0 Å². The predicted molar refractivity (Wildman–Crippen MR) is 70.6 cm³/mol. The summed E-state index contributed by atoms with van der Waals surface area (Å²) in [7, 11) is -1.48. The van der Waals surface area contributed by atoms with Gasteiger partial charge in [0.1, 0.15) is 11.6 Å². The molecule has 0 aliphatic rings. The fourth-order valence-corrected chi connectivity index (χ4v) is 3.07. The molecule has 0 heterocycles. The van der Waals surface area contributed by atoms with E-state index in [2.05, 4.69) is 15.9 Å². The van der Waals surface area contributed by atoms with Crippen molar-refractivity contribution in [2.24, 2.45) is 0 Å². The summed E-state index contributed by atoms with van der Waals surface area (Å²) >= 11 is 3.06. The van der Waals surface area contributed by atoms with Crippen LogP contribution in [-0.2, 0) is 16.6 Å². The largest absolute Gasteiger partial charge is 0.254 e. The first-order valence-electron chi connectivity index (χ1n) is 5.15. The topological polar surface area (TPSA) is 17.1 Å². The molecule has 2 aromatic rings. The second kappa shape index (κ2) is 5.71. The Labute approximate surface area is 114 Å². The van der Waals surface area contributed by atoms with Crippen LogP contribution in [0.2, 0.25) is 0 Å². The van der Waals surface area contributed by atoms with Gasteiger partial charge in [-0.05, 0) is 45.8 Å². The lowest BCUT2D eigenvalue weighted by Crippen LogP contribution is -1.99. The Hall–Kier alpha value is -1.07. The van der Waals surface area contributed by atoms with Crippen LogP contribution in [0.15, 0.2) is 51.8 Å². The SMILES string of the molecule is O=S(Cc1ccc(F)c(Br)c1)c1ccccc1F. The van der Waals surface area contributed by atoms with Crippen molar-refractivity contribution in [3.63, 3.8) is 0 Å². The van der Waals surface area contributed by atoms with E-state index in [-0.39, 0.29) is 16.5 Å². The van der Waals surface area contributed by atoms with E-state index in [9.17, 15) is 13.0 Å². The zero-order valence-corrected chi connectivity index (χ0v) is 11.6. The van der Waals surface area contributed by atoms with Gasteiger partial charge in [-0.15, -0.1) is 0 Å². The van der Waals surface area contributed by atoms with E-state index in [0.717, 1.165) is 0 Å². The van der Waals surface area contributed by atoms with Crippen LogP contribution in [-0.4, -0.2) is 4.21 Å². The van der Waals surface area contributed by atoms with E-state index in [4.69, 9.17) is 0 Å². The van der Waals surface area contributed by atoms with Crippen molar-refractivity contribution < 1.29 is 13.0 Å². The third-order valence-corrected chi connectivity index (χ3v) is 4.39. The van der Waals surface area contributed by atoms with E-state index < -0.39 is 16.6 Å². The van der Waals surface area contributed by atoms with Crippen molar-refractivity contribution >= 4 is 26.7 Å². The van der Waals surface area contributed by atoms with Crippen molar-refractivity contribution in [2.45, 2.75) is 10.6 Å². The number of hydrogen-bond acceptors (Lipinski definition) is 1. The normalized spacial score (nSPS) is 12.4. The molecule has 0 radical (unpaired) electrons. The molecule has 0 aromatic heterocycles. The molecule has 0 saturated heterocycles. The highest BCUT2D eigenvalue weighted by Gasteiger charge is 2.10. The summed E-state index contributed by atoms with van der Waals surface area (Å²) in [6.45, 7) is 0. The van der Waals surface area contributed by atoms with Crippen LogP contribution in [0.5, 0.6) is 0 Å². The standard InChI is InChI=1S/C13H9BrF2OS/c14-10-7-9(5-6-11(10)15)8-18(17)13-4-2-1-3-12(13)16/h1-7H,8H2. The minimum Gasteiger partial charge on any atom is -0.254 e. The van der Waals surface area contributed by atoms with Gasteiger partial charge in [0.2, 0.25) is 0 Å². The molecule has 2 aromatic carbocycles. The molecule has 2 rings (SSSR count). The first-order valence-corrected chi connectivity index (χ1v) is 7.26. The summed E-state index contributed by atoms with van der Waals surface area (Å²) < 4.78 is 38.8. The van der Waals surface area contributed by atoms with Gasteiger partial charge in [0, 0.05) is 0 Å². The summed E-state index contributed by atoms with van der Waals surface area (Å²) in [5, 5.41) is 0. The maximum absolute atomic E-state index is 13.4. The summed E-state index contributed by atoms with van der Waals surface area (Å²) in [6, 6.07) is 10.3. The number of rotatable bonds is 3. The van der Waals surface area contributed by atoms with E-state index in [1.807, 2.05) is 0 Å². The number of benzene rings is 2. The molecule has 5 heteroatoms. The van der Waals surface area contributed by atoms with E-state index in [1.54, 1.807) is 24.3 Å². The molecule has 1 atom stereocenters. The highest BCUT2D eigenvalue weighted by atomic mass is 79.9. The summed E-state index contributed by atoms with van der Waals surface area (Å²) in [5.74, 6) is -0.716. The van der Waals surface area contributed by atoms with Gasteiger partial charge in [-0.25, -0.2) is 8.78 Å². The van der Waals surface area contributed by atoms with Gasteiger partial charge in [0.05, 0.1) is 25.9 Å². The Balaban J connectivity index is 2.22. The van der Waals surface area contributed by atoms with Gasteiger partial charge >= 0.3 is 0 Å². The lowest BCUT2D eigenvalue weighted by molar-refractivity contribution is 0.595. The average molecular weight is 331 g/mol. The van der Waals surface area contributed by atoms with E-state index in [1.165, 1.54) is 18.2 Å². The molecule has 94 valence electrons. The summed E-state index contributed by atoms with van der Waals surface area (Å²) in [5.41, 5.74) is 0.685. The summed E-state index contributed by atoms with van der Waals surface area (Å²) in [6.07, 6.45) is 0. The van der Waals surface area contributed by atoms with Gasteiger partial charge in [-0.1, -0.05) is 18.2 Å². The van der Waals surface area contributed by atoms with Gasteiger partial charge in [0.15, 0.2) is 0 Å². The highest BCUT2D eigenvalue weighted by Crippen LogP contribution is 2.20. The van der Waals surface area contributed by atoms with Crippen LogP contribution in [0.4, 0.5) is 8.78 Å². The van der Waals surface area contributed by atoms with Gasteiger partial charge in [-0.2, -0.15) is 0 Å². The van der Waals surface area contributed by atoms with E-state index >= 15 is 0 Å². The smallest absolute Gasteiger partial charge is 0.139 e. The Kier molecular flexibility index (Phi) is 4.24. The maximum atomic E-state index is 13.4. The Morgan fingerprint density at radius 2 is 1.78 bits per heavy atom. The van der Waals surface area contributed by atoms with Crippen LogP contribution in [0.25, 0.3) is 0 Å². The molecular formula is C13H9BrF2OS. The van der Waals surface area contributed by atoms with Crippen LogP contribution in [0, 0.1) is 11.6 Å². The van der Waals surface area contributed by atoms with Gasteiger partial charge in [-0.3, -0.25) is 4.21 Å². The third kappa shape index (κ3) is 3.03. The second-order valence-electron chi connectivity index (χ2n) is 3.67. The number of halogens is 3. The molecule has 1 nitrogen and oxygen atoms in total. The molecule has 0 aliphatic carbocycles. The lowest BCUT2D eigenvalue weighted by Gasteiger charge is -2.04. The molecule has 0 fully saturated rings. The molecule has 0 saturated carbocycles. The Bertz CT molecular complexity index is 601. The molecule has 0 N–H and O–H groups in total. The Morgan fingerprint density at radius 1 is 1.06 bits per heavy atom. The maximum Gasteiger partial charge on any atom is 0.139 e. The zero-order chi connectivity index (χ0) is 13.1. The molecule has 0 aliphatic heterocycles. The fraction of sp³-hybridized carbons (Fsp3) is 0.0769. The molecule has 0 bridgehead atoms. The van der Waals surface area contributed by atoms with Crippen LogP contribution in [0.1, 0.15) is 5.56 Å². The highest BCUT2D eigenvalue weighted by molar-refractivity contribution is 9.10. The monoisotopic (exact) mass is 330 g/mol. The van der Waals surface area contributed by atoms with Crippen molar-refractivity contribution in [3.8, 4) is 0 Å². The zero-order valence-electron chi connectivity index (χ0n) is 9.20. The molecule has 1 unspecified atom stereocenters. The quantitative estimate of drug-likeness (QED) is 0.830. The Morgan fingerprint density at radius 3 is 2.44 bits per heavy atom. The van der Waals surface area contributed by atoms with Gasteiger partial charge in [0.25, 0.3) is 0 Å². The van der Waals surface area contributed by atoms with Crippen molar-refractivity contribution in [3.05, 3.63) is 64.1 Å². The lowest BCUT2D eigenvalue weighted by atomic mass is 10.2. The van der Waals surface area contributed by atoms with E-state index in [0.29, 0.717) is 10.0 Å². The molecule has 18 heavy (non-hydrogen) atoms.